The highest BCUT2D eigenvalue weighted by Crippen LogP contribution is 2.10. The highest BCUT2D eigenvalue weighted by Gasteiger charge is 2.00. The lowest BCUT2D eigenvalue weighted by molar-refractivity contribution is 0.599. The van der Waals surface area contributed by atoms with E-state index in [0.717, 1.165) is 12.8 Å². The summed E-state index contributed by atoms with van der Waals surface area (Å²) < 4.78 is 0. The van der Waals surface area contributed by atoms with Crippen LogP contribution in [0, 0.1) is 18.3 Å². The molecule has 0 radical (unpaired) electrons. The summed E-state index contributed by atoms with van der Waals surface area (Å²) in [7, 11) is 0. The van der Waals surface area contributed by atoms with Crippen LogP contribution in [-0.4, -0.2) is 0 Å². The quantitative estimate of drug-likeness (QED) is 0.593. The van der Waals surface area contributed by atoms with Crippen LogP contribution in [0.15, 0.2) is 30.3 Å². The second-order valence-electron chi connectivity index (χ2n) is 3.20. The highest BCUT2D eigenvalue weighted by molar-refractivity contribution is 5.15. The Labute approximate surface area is 74.6 Å². The van der Waals surface area contributed by atoms with Crippen molar-refractivity contribution in [1.82, 2.24) is 0 Å². The molecule has 1 unspecified atom stereocenters. The van der Waals surface area contributed by atoms with Crippen molar-refractivity contribution in [2.24, 2.45) is 5.92 Å². The molecule has 1 aromatic carbocycles. The van der Waals surface area contributed by atoms with Gasteiger partial charge >= 0.3 is 0 Å². The van der Waals surface area contributed by atoms with Gasteiger partial charge in [0.15, 0.2) is 0 Å². The minimum atomic E-state index is 0.595. The van der Waals surface area contributed by atoms with Crippen LogP contribution in [0.1, 0.15) is 18.9 Å². The van der Waals surface area contributed by atoms with Crippen LogP contribution in [0.3, 0.4) is 0 Å². The largest absolute Gasteiger partial charge is 0.120 e. The SMILES string of the molecule is C#CCC(C)Cc1ccccc1. The molecule has 1 atom stereocenters. The first-order valence-corrected chi connectivity index (χ1v) is 4.30. The maximum atomic E-state index is 5.23. The Bertz CT molecular complexity index is 253. The smallest absolute Gasteiger partial charge is 0.0115 e. The van der Waals surface area contributed by atoms with Gasteiger partial charge in [0.2, 0.25) is 0 Å². The Morgan fingerprint density at radius 3 is 2.58 bits per heavy atom. The van der Waals surface area contributed by atoms with Crippen LogP contribution in [0.25, 0.3) is 0 Å². The van der Waals surface area contributed by atoms with Gasteiger partial charge in [-0.3, -0.25) is 0 Å². The average Bonchev–Trinajstić information content (AvgIpc) is 2.06. The van der Waals surface area contributed by atoms with E-state index in [1.54, 1.807) is 0 Å². The lowest BCUT2D eigenvalue weighted by Gasteiger charge is -2.06. The minimum absolute atomic E-state index is 0.595. The topological polar surface area (TPSA) is 0 Å². The molecule has 0 aliphatic heterocycles. The Morgan fingerprint density at radius 1 is 1.33 bits per heavy atom. The van der Waals surface area contributed by atoms with Gasteiger partial charge in [-0.05, 0) is 17.9 Å². The summed E-state index contributed by atoms with van der Waals surface area (Å²) in [5.41, 5.74) is 1.38. The van der Waals surface area contributed by atoms with E-state index in [1.807, 2.05) is 6.07 Å². The van der Waals surface area contributed by atoms with Gasteiger partial charge in [0, 0.05) is 6.42 Å². The monoisotopic (exact) mass is 158 g/mol. The van der Waals surface area contributed by atoms with E-state index in [0.29, 0.717) is 5.92 Å². The molecule has 0 N–H and O–H groups in total. The molecule has 0 aliphatic rings. The van der Waals surface area contributed by atoms with Crippen molar-refractivity contribution >= 4 is 0 Å². The van der Waals surface area contributed by atoms with E-state index < -0.39 is 0 Å². The van der Waals surface area contributed by atoms with E-state index in [9.17, 15) is 0 Å². The summed E-state index contributed by atoms with van der Waals surface area (Å²) in [5.74, 6) is 3.28. The summed E-state index contributed by atoms with van der Waals surface area (Å²) in [6.07, 6.45) is 7.19. The van der Waals surface area contributed by atoms with Gasteiger partial charge in [-0.1, -0.05) is 37.3 Å². The summed E-state index contributed by atoms with van der Waals surface area (Å²) >= 11 is 0. The van der Waals surface area contributed by atoms with Crippen molar-refractivity contribution in [2.45, 2.75) is 19.8 Å². The van der Waals surface area contributed by atoms with E-state index >= 15 is 0 Å². The normalized spacial score (nSPS) is 12.0. The minimum Gasteiger partial charge on any atom is -0.120 e. The Hall–Kier alpha value is -1.22. The predicted molar refractivity (Wildman–Crippen MR) is 52.8 cm³/mol. The summed E-state index contributed by atoms with van der Waals surface area (Å²) in [6, 6.07) is 10.5. The number of benzene rings is 1. The molecule has 12 heavy (non-hydrogen) atoms. The van der Waals surface area contributed by atoms with Crippen molar-refractivity contribution in [3.05, 3.63) is 35.9 Å². The van der Waals surface area contributed by atoms with Crippen molar-refractivity contribution in [1.29, 1.82) is 0 Å². The third-order valence-corrected chi connectivity index (χ3v) is 1.89. The van der Waals surface area contributed by atoms with Gasteiger partial charge in [0.1, 0.15) is 0 Å². The first kappa shape index (κ1) is 8.87. The Balaban J connectivity index is 2.48. The third kappa shape index (κ3) is 2.80. The van der Waals surface area contributed by atoms with E-state index in [2.05, 4.69) is 37.1 Å². The zero-order chi connectivity index (χ0) is 8.81. The van der Waals surface area contributed by atoms with Crippen LogP contribution < -0.4 is 0 Å². The molecular formula is C12H14. The van der Waals surface area contributed by atoms with Gasteiger partial charge in [-0.25, -0.2) is 0 Å². The molecule has 0 aliphatic carbocycles. The zero-order valence-electron chi connectivity index (χ0n) is 7.46. The maximum Gasteiger partial charge on any atom is 0.0115 e. The first-order chi connectivity index (χ1) is 5.83. The lowest BCUT2D eigenvalue weighted by atomic mass is 9.99. The summed E-state index contributed by atoms with van der Waals surface area (Å²) in [6.45, 7) is 2.19. The average molecular weight is 158 g/mol. The second-order valence-corrected chi connectivity index (χ2v) is 3.20. The molecule has 0 spiro atoms. The molecule has 0 bridgehead atoms. The maximum absolute atomic E-state index is 5.23. The van der Waals surface area contributed by atoms with Crippen molar-refractivity contribution in [3.63, 3.8) is 0 Å². The fraction of sp³-hybridized carbons (Fsp3) is 0.333. The third-order valence-electron chi connectivity index (χ3n) is 1.89. The fourth-order valence-electron chi connectivity index (χ4n) is 1.29. The van der Waals surface area contributed by atoms with Crippen molar-refractivity contribution in [2.75, 3.05) is 0 Å². The zero-order valence-corrected chi connectivity index (χ0v) is 7.46. The molecule has 1 aromatic rings. The molecule has 0 fully saturated rings. The number of rotatable bonds is 3. The van der Waals surface area contributed by atoms with E-state index in [-0.39, 0.29) is 0 Å². The molecule has 0 amide bonds. The Morgan fingerprint density at radius 2 is 2.00 bits per heavy atom. The number of terminal acetylenes is 1. The van der Waals surface area contributed by atoms with Crippen LogP contribution in [0.4, 0.5) is 0 Å². The lowest BCUT2D eigenvalue weighted by Crippen LogP contribution is -1.97. The summed E-state index contributed by atoms with van der Waals surface area (Å²) in [5, 5.41) is 0. The van der Waals surface area contributed by atoms with Crippen LogP contribution in [0.5, 0.6) is 0 Å². The van der Waals surface area contributed by atoms with E-state index in [1.165, 1.54) is 5.56 Å². The molecular weight excluding hydrogens is 144 g/mol. The molecule has 0 saturated carbocycles. The molecule has 1 rings (SSSR count). The van der Waals surface area contributed by atoms with Crippen molar-refractivity contribution in [3.8, 4) is 12.3 Å². The number of hydrogen-bond acceptors (Lipinski definition) is 0. The molecule has 62 valence electrons. The van der Waals surface area contributed by atoms with Crippen LogP contribution >= 0.6 is 0 Å². The fourth-order valence-corrected chi connectivity index (χ4v) is 1.29. The molecule has 0 saturated heterocycles. The van der Waals surface area contributed by atoms with Crippen molar-refractivity contribution < 1.29 is 0 Å². The van der Waals surface area contributed by atoms with E-state index in [4.69, 9.17) is 6.42 Å². The highest BCUT2D eigenvalue weighted by atomic mass is 14.0. The van der Waals surface area contributed by atoms with Gasteiger partial charge in [0.05, 0.1) is 0 Å². The van der Waals surface area contributed by atoms with Gasteiger partial charge in [-0.2, -0.15) is 0 Å². The standard InChI is InChI=1S/C12H14/c1-3-7-11(2)10-12-8-5-4-6-9-12/h1,4-6,8-9,11H,7,10H2,2H3. The molecule has 0 heterocycles. The predicted octanol–water partition coefficient (Wildman–Crippen LogP) is 2.89. The first-order valence-electron chi connectivity index (χ1n) is 4.30. The molecule has 0 heteroatoms. The van der Waals surface area contributed by atoms with Crippen LogP contribution in [-0.2, 0) is 6.42 Å². The van der Waals surface area contributed by atoms with Gasteiger partial charge in [-0.15, -0.1) is 12.3 Å². The summed E-state index contributed by atoms with van der Waals surface area (Å²) in [4.78, 5) is 0. The van der Waals surface area contributed by atoms with Gasteiger partial charge < -0.3 is 0 Å². The Kier molecular flexibility index (Phi) is 3.41. The molecule has 0 aromatic heterocycles. The number of hydrogen-bond donors (Lipinski definition) is 0. The second kappa shape index (κ2) is 4.62. The molecule has 0 nitrogen and oxygen atoms in total. The van der Waals surface area contributed by atoms with Gasteiger partial charge in [0.25, 0.3) is 0 Å². The van der Waals surface area contributed by atoms with Crippen LogP contribution in [0.2, 0.25) is 0 Å².